The minimum Gasteiger partial charge on any atom is -0.339 e. The van der Waals surface area contributed by atoms with Crippen molar-refractivity contribution in [2.45, 2.75) is 37.6 Å². The summed E-state index contributed by atoms with van der Waals surface area (Å²) in [5, 5.41) is 0. The van der Waals surface area contributed by atoms with Crippen molar-refractivity contribution in [3.05, 3.63) is 65.5 Å². The first kappa shape index (κ1) is 17.7. The molecule has 4 rings (SSSR count). The van der Waals surface area contributed by atoms with Crippen LogP contribution >= 0.6 is 0 Å². The van der Waals surface area contributed by atoms with Gasteiger partial charge in [-0.15, -0.1) is 0 Å². The second-order valence-electron chi connectivity index (χ2n) is 7.77. The second-order valence-corrected chi connectivity index (χ2v) is 7.77. The van der Waals surface area contributed by atoms with E-state index in [0.717, 1.165) is 30.4 Å². The number of carbonyl (C=O) groups excluding carboxylic acids is 2. The number of hydrogen-bond donors (Lipinski definition) is 0. The second kappa shape index (κ2) is 6.80. The molecule has 2 fully saturated rings. The van der Waals surface area contributed by atoms with Crippen LogP contribution < -0.4 is 0 Å². The number of nitrogens with zero attached hydrogens (tertiary/aromatic N) is 3. The van der Waals surface area contributed by atoms with E-state index < -0.39 is 0 Å². The fourth-order valence-electron chi connectivity index (χ4n) is 4.54. The van der Waals surface area contributed by atoms with Gasteiger partial charge < -0.3 is 9.80 Å². The molecule has 0 unspecified atom stereocenters. The highest BCUT2D eigenvalue weighted by Crippen LogP contribution is 2.44. The lowest BCUT2D eigenvalue weighted by Crippen LogP contribution is -2.52. The number of likely N-dealkylation sites (N-methyl/N-ethyl adjacent to an activating group) is 1. The maximum absolute atomic E-state index is 12.9. The molecule has 2 amide bonds. The number of hydrogen-bond acceptors (Lipinski definition) is 3. The Morgan fingerprint density at radius 1 is 1.15 bits per heavy atom. The Hall–Kier alpha value is -2.69. The summed E-state index contributed by atoms with van der Waals surface area (Å²) in [5.74, 6) is 0.171. The molecule has 140 valence electrons. The molecule has 2 aliphatic heterocycles. The van der Waals surface area contributed by atoms with Crippen LogP contribution in [0.15, 0.2) is 48.8 Å². The number of rotatable bonds is 2. The molecular weight excluding hydrogens is 338 g/mol. The molecule has 3 heterocycles. The van der Waals surface area contributed by atoms with Crippen molar-refractivity contribution >= 4 is 11.8 Å². The van der Waals surface area contributed by atoms with Crippen molar-refractivity contribution in [1.82, 2.24) is 14.8 Å². The monoisotopic (exact) mass is 363 g/mol. The molecule has 2 aromatic rings. The smallest absolute Gasteiger partial charge is 0.255 e. The van der Waals surface area contributed by atoms with Crippen LogP contribution in [0.2, 0.25) is 0 Å². The first-order valence-electron chi connectivity index (χ1n) is 9.54. The van der Waals surface area contributed by atoms with Gasteiger partial charge >= 0.3 is 0 Å². The summed E-state index contributed by atoms with van der Waals surface area (Å²) in [6.07, 6.45) is 5.84. The van der Waals surface area contributed by atoms with E-state index in [9.17, 15) is 9.59 Å². The Labute approximate surface area is 160 Å². The van der Waals surface area contributed by atoms with Gasteiger partial charge in [0, 0.05) is 38.1 Å². The van der Waals surface area contributed by atoms with E-state index in [0.29, 0.717) is 18.7 Å². The van der Waals surface area contributed by atoms with E-state index in [4.69, 9.17) is 0 Å². The predicted octanol–water partition coefficient (Wildman–Crippen LogP) is 3.01. The van der Waals surface area contributed by atoms with E-state index in [1.807, 2.05) is 60.2 Å². The number of carbonyl (C=O) groups is 2. The molecule has 0 aliphatic carbocycles. The van der Waals surface area contributed by atoms with Crippen LogP contribution in [0.1, 0.15) is 46.7 Å². The van der Waals surface area contributed by atoms with Crippen molar-refractivity contribution in [3.63, 3.8) is 0 Å². The highest BCUT2D eigenvalue weighted by atomic mass is 16.2. The fourth-order valence-corrected chi connectivity index (χ4v) is 4.54. The summed E-state index contributed by atoms with van der Waals surface area (Å²) in [6.45, 7) is 3.28. The quantitative estimate of drug-likeness (QED) is 0.824. The highest BCUT2D eigenvalue weighted by molar-refractivity contribution is 5.95. The predicted molar refractivity (Wildman–Crippen MR) is 103 cm³/mol. The zero-order valence-corrected chi connectivity index (χ0v) is 15.9. The number of pyridine rings is 1. The SMILES string of the molecule is Cc1ccncc1C(=O)N1CCC2(CC1)C[C@@H](c1ccccc1)C(=O)N2C. The number of aromatic nitrogens is 1. The van der Waals surface area contributed by atoms with Crippen molar-refractivity contribution in [2.75, 3.05) is 20.1 Å². The largest absolute Gasteiger partial charge is 0.339 e. The number of aryl methyl sites for hydroxylation is 1. The Balaban J connectivity index is 1.49. The topological polar surface area (TPSA) is 53.5 Å². The van der Waals surface area contributed by atoms with Gasteiger partial charge in [0.1, 0.15) is 0 Å². The molecule has 0 bridgehead atoms. The minimum atomic E-state index is -0.141. The van der Waals surface area contributed by atoms with Crippen molar-refractivity contribution in [1.29, 1.82) is 0 Å². The van der Waals surface area contributed by atoms with Gasteiger partial charge in [-0.2, -0.15) is 0 Å². The van der Waals surface area contributed by atoms with E-state index in [1.165, 1.54) is 0 Å². The van der Waals surface area contributed by atoms with Crippen LogP contribution in [-0.4, -0.2) is 52.3 Å². The summed E-state index contributed by atoms with van der Waals surface area (Å²) >= 11 is 0. The number of piperidine rings is 1. The van der Waals surface area contributed by atoms with Gasteiger partial charge in [-0.1, -0.05) is 30.3 Å². The van der Waals surface area contributed by atoms with Gasteiger partial charge in [0.15, 0.2) is 0 Å². The lowest BCUT2D eigenvalue weighted by molar-refractivity contribution is -0.131. The Morgan fingerprint density at radius 2 is 1.85 bits per heavy atom. The third kappa shape index (κ3) is 3.01. The summed E-state index contributed by atoms with van der Waals surface area (Å²) in [4.78, 5) is 33.7. The summed E-state index contributed by atoms with van der Waals surface area (Å²) in [7, 11) is 1.92. The third-order valence-corrected chi connectivity index (χ3v) is 6.38. The molecule has 0 N–H and O–H groups in total. The van der Waals surface area contributed by atoms with Gasteiger partial charge in [-0.05, 0) is 43.4 Å². The van der Waals surface area contributed by atoms with Gasteiger partial charge in [0.05, 0.1) is 11.5 Å². The molecule has 1 aromatic carbocycles. The van der Waals surface area contributed by atoms with Gasteiger partial charge in [0.2, 0.25) is 5.91 Å². The lowest BCUT2D eigenvalue weighted by Gasteiger charge is -2.43. The zero-order valence-electron chi connectivity index (χ0n) is 15.9. The molecule has 1 spiro atoms. The Bertz CT molecular complexity index is 857. The van der Waals surface area contributed by atoms with Crippen molar-refractivity contribution in [3.8, 4) is 0 Å². The average molecular weight is 363 g/mol. The molecule has 0 radical (unpaired) electrons. The van der Waals surface area contributed by atoms with E-state index in [2.05, 4.69) is 4.98 Å². The zero-order chi connectivity index (χ0) is 19.0. The highest BCUT2D eigenvalue weighted by Gasteiger charge is 2.50. The van der Waals surface area contributed by atoms with Crippen LogP contribution in [0.5, 0.6) is 0 Å². The number of benzene rings is 1. The van der Waals surface area contributed by atoms with E-state index in [-0.39, 0.29) is 23.3 Å². The molecule has 0 saturated carbocycles. The molecular formula is C22H25N3O2. The van der Waals surface area contributed by atoms with Gasteiger partial charge in [0.25, 0.3) is 5.91 Å². The van der Waals surface area contributed by atoms with Crippen LogP contribution in [0, 0.1) is 6.92 Å². The summed E-state index contributed by atoms with van der Waals surface area (Å²) in [5.41, 5.74) is 2.58. The maximum atomic E-state index is 12.9. The number of likely N-dealkylation sites (tertiary alicyclic amines) is 2. The van der Waals surface area contributed by atoms with Crippen molar-refractivity contribution in [2.24, 2.45) is 0 Å². The fraction of sp³-hybridized carbons (Fsp3) is 0.409. The van der Waals surface area contributed by atoms with Gasteiger partial charge in [-0.3, -0.25) is 14.6 Å². The summed E-state index contributed by atoms with van der Waals surface area (Å²) < 4.78 is 0. The first-order chi connectivity index (χ1) is 13.0. The van der Waals surface area contributed by atoms with Gasteiger partial charge in [-0.25, -0.2) is 0 Å². The van der Waals surface area contributed by atoms with Crippen LogP contribution in [-0.2, 0) is 4.79 Å². The molecule has 2 saturated heterocycles. The van der Waals surface area contributed by atoms with Crippen LogP contribution in [0.4, 0.5) is 0 Å². The van der Waals surface area contributed by atoms with E-state index >= 15 is 0 Å². The lowest BCUT2D eigenvalue weighted by atomic mass is 9.81. The Morgan fingerprint density at radius 3 is 2.52 bits per heavy atom. The molecule has 27 heavy (non-hydrogen) atoms. The maximum Gasteiger partial charge on any atom is 0.255 e. The van der Waals surface area contributed by atoms with Crippen LogP contribution in [0.25, 0.3) is 0 Å². The molecule has 1 atom stereocenters. The average Bonchev–Trinajstić information content (AvgIpc) is 2.94. The molecule has 2 aliphatic rings. The molecule has 1 aromatic heterocycles. The standard InChI is InChI=1S/C22H25N3O2/c1-16-8-11-23-15-19(16)21(27)25-12-9-22(10-13-25)14-18(20(26)24(22)2)17-6-4-3-5-7-17/h3-8,11,15,18H,9-10,12-14H2,1-2H3/t18-/m0/s1. The summed E-state index contributed by atoms with van der Waals surface area (Å²) in [6, 6.07) is 11.9. The normalized spacial score (nSPS) is 21.7. The minimum absolute atomic E-state index is 0.0436. The van der Waals surface area contributed by atoms with Crippen LogP contribution in [0.3, 0.4) is 0 Å². The first-order valence-corrected chi connectivity index (χ1v) is 9.54. The number of amides is 2. The Kier molecular flexibility index (Phi) is 4.46. The third-order valence-electron chi connectivity index (χ3n) is 6.38. The van der Waals surface area contributed by atoms with Crippen molar-refractivity contribution < 1.29 is 9.59 Å². The molecule has 5 heteroatoms. The molecule has 5 nitrogen and oxygen atoms in total. The van der Waals surface area contributed by atoms with E-state index in [1.54, 1.807) is 12.4 Å².